The van der Waals surface area contributed by atoms with Crippen molar-refractivity contribution in [1.82, 2.24) is 9.97 Å². The van der Waals surface area contributed by atoms with Crippen molar-refractivity contribution in [2.75, 3.05) is 6.61 Å². The van der Waals surface area contributed by atoms with Crippen molar-refractivity contribution in [1.29, 1.82) is 0 Å². The Morgan fingerprint density at radius 1 is 1.44 bits per heavy atom. The molecular formula is C8H8F4N4O2. The Labute approximate surface area is 98.1 Å². The van der Waals surface area contributed by atoms with Crippen molar-refractivity contribution in [2.45, 2.75) is 12.3 Å². The number of amidine groups is 1. The maximum atomic E-state index is 12.5. The number of hydrogen-bond acceptors (Lipinski definition) is 5. The molecule has 0 amide bonds. The van der Waals surface area contributed by atoms with Gasteiger partial charge in [0.05, 0.1) is 12.4 Å². The van der Waals surface area contributed by atoms with Crippen LogP contribution in [0.2, 0.25) is 0 Å². The Hall–Kier alpha value is -2.13. The predicted molar refractivity (Wildman–Crippen MR) is 51.0 cm³/mol. The molecular weight excluding hydrogens is 260 g/mol. The minimum absolute atomic E-state index is 0.162. The molecule has 1 aromatic heterocycles. The van der Waals surface area contributed by atoms with E-state index in [4.69, 9.17) is 10.9 Å². The van der Waals surface area contributed by atoms with Crippen LogP contribution in [0.15, 0.2) is 17.5 Å². The van der Waals surface area contributed by atoms with Gasteiger partial charge in [0.15, 0.2) is 18.2 Å². The first-order valence-electron chi connectivity index (χ1n) is 4.45. The van der Waals surface area contributed by atoms with Crippen molar-refractivity contribution in [3.05, 3.63) is 18.2 Å². The normalized spacial score (nSPS) is 12.8. The van der Waals surface area contributed by atoms with Crippen molar-refractivity contribution in [3.63, 3.8) is 0 Å². The van der Waals surface area contributed by atoms with Crippen LogP contribution in [0.5, 0.6) is 5.75 Å². The summed E-state index contributed by atoms with van der Waals surface area (Å²) in [6.07, 6.45) is -1.96. The summed E-state index contributed by atoms with van der Waals surface area (Å²) in [6.45, 7) is -1.50. The van der Waals surface area contributed by atoms with Crippen LogP contribution in [-0.2, 0) is 0 Å². The molecule has 0 fully saturated rings. The van der Waals surface area contributed by atoms with E-state index in [9.17, 15) is 17.6 Å². The number of rotatable bonds is 5. The fraction of sp³-hybridized carbons (Fsp3) is 0.375. The second kappa shape index (κ2) is 5.47. The Kier molecular flexibility index (Phi) is 4.23. The first-order valence-corrected chi connectivity index (χ1v) is 4.45. The van der Waals surface area contributed by atoms with Gasteiger partial charge in [-0.1, -0.05) is 5.16 Å². The van der Waals surface area contributed by atoms with Gasteiger partial charge in [-0.05, 0) is 0 Å². The summed E-state index contributed by atoms with van der Waals surface area (Å²) in [4.78, 5) is 7.02. The van der Waals surface area contributed by atoms with E-state index in [1.165, 1.54) is 0 Å². The molecule has 100 valence electrons. The number of nitrogens with zero attached hydrogens (tertiary/aromatic N) is 3. The highest BCUT2D eigenvalue weighted by Crippen LogP contribution is 2.23. The zero-order valence-electron chi connectivity index (χ0n) is 8.73. The van der Waals surface area contributed by atoms with Crippen LogP contribution in [-0.4, -0.2) is 40.0 Å². The minimum Gasteiger partial charge on any atom is -0.484 e. The lowest BCUT2D eigenvalue weighted by atomic mass is 10.4. The van der Waals surface area contributed by atoms with Crippen molar-refractivity contribution < 1.29 is 27.5 Å². The molecule has 0 radical (unpaired) electrons. The smallest absolute Gasteiger partial charge is 0.340 e. The molecule has 0 atom stereocenters. The van der Waals surface area contributed by atoms with Gasteiger partial charge in [-0.25, -0.2) is 18.7 Å². The van der Waals surface area contributed by atoms with E-state index in [1.807, 2.05) is 0 Å². The third-order valence-electron chi connectivity index (χ3n) is 1.72. The van der Waals surface area contributed by atoms with E-state index in [0.29, 0.717) is 0 Å². The molecule has 1 heterocycles. The van der Waals surface area contributed by atoms with E-state index in [2.05, 4.69) is 19.9 Å². The summed E-state index contributed by atoms with van der Waals surface area (Å²) in [7, 11) is 0. The van der Waals surface area contributed by atoms with Crippen LogP contribution >= 0.6 is 0 Å². The van der Waals surface area contributed by atoms with Gasteiger partial charge in [-0.3, -0.25) is 0 Å². The number of halogens is 4. The average Bonchev–Trinajstić information content (AvgIpc) is 2.36. The van der Waals surface area contributed by atoms with E-state index in [0.717, 1.165) is 12.4 Å². The lowest BCUT2D eigenvalue weighted by Gasteiger charge is -2.15. The molecule has 1 rings (SSSR count). The van der Waals surface area contributed by atoms with Gasteiger partial charge in [-0.15, -0.1) is 0 Å². The van der Waals surface area contributed by atoms with Gasteiger partial charge in [0.25, 0.3) is 0 Å². The van der Waals surface area contributed by atoms with Crippen molar-refractivity contribution >= 4 is 5.84 Å². The standard InChI is InChI=1S/C8H8F4N4O2/c9-7(10)8(11,12)3-18-4-1-14-6(15-2-4)5(13)16-17/h1-2,7,17H,3H2,(H2,13,16). The highest BCUT2D eigenvalue weighted by Gasteiger charge is 2.41. The number of oxime groups is 1. The van der Waals surface area contributed by atoms with Gasteiger partial charge in [-0.2, -0.15) is 8.78 Å². The van der Waals surface area contributed by atoms with E-state index >= 15 is 0 Å². The number of hydrogen-bond donors (Lipinski definition) is 2. The summed E-state index contributed by atoms with van der Waals surface area (Å²) >= 11 is 0. The van der Waals surface area contributed by atoms with Crippen LogP contribution in [0.1, 0.15) is 5.82 Å². The van der Waals surface area contributed by atoms with Gasteiger partial charge in [0.2, 0.25) is 5.84 Å². The Balaban J connectivity index is 2.65. The molecule has 0 bridgehead atoms. The number of aromatic nitrogens is 2. The Morgan fingerprint density at radius 3 is 2.44 bits per heavy atom. The molecule has 18 heavy (non-hydrogen) atoms. The average molecular weight is 268 g/mol. The lowest BCUT2D eigenvalue weighted by molar-refractivity contribution is -0.148. The van der Waals surface area contributed by atoms with Crippen LogP contribution in [0.4, 0.5) is 17.6 Å². The fourth-order valence-corrected chi connectivity index (χ4v) is 0.810. The molecule has 10 heteroatoms. The summed E-state index contributed by atoms with van der Waals surface area (Å²) < 4.78 is 53.0. The SMILES string of the molecule is NC(=NO)c1ncc(OCC(F)(F)C(F)F)cn1. The van der Waals surface area contributed by atoms with Crippen molar-refractivity contribution in [3.8, 4) is 5.75 Å². The monoisotopic (exact) mass is 268 g/mol. The van der Waals surface area contributed by atoms with Crippen LogP contribution in [0.3, 0.4) is 0 Å². The highest BCUT2D eigenvalue weighted by atomic mass is 19.3. The molecule has 0 aliphatic heterocycles. The predicted octanol–water partition coefficient (Wildman–Crippen LogP) is 0.850. The summed E-state index contributed by atoms with van der Waals surface area (Å²) in [6, 6.07) is 0. The van der Waals surface area contributed by atoms with Gasteiger partial charge < -0.3 is 15.7 Å². The maximum absolute atomic E-state index is 12.5. The molecule has 6 nitrogen and oxygen atoms in total. The van der Waals surface area contributed by atoms with Crippen molar-refractivity contribution in [2.24, 2.45) is 10.9 Å². The van der Waals surface area contributed by atoms with Crippen LogP contribution < -0.4 is 10.5 Å². The molecule has 0 aliphatic carbocycles. The largest absolute Gasteiger partial charge is 0.484 e. The van der Waals surface area contributed by atoms with E-state index < -0.39 is 19.0 Å². The second-order valence-corrected chi connectivity index (χ2v) is 3.08. The molecule has 0 unspecified atom stereocenters. The Morgan fingerprint density at radius 2 is 2.00 bits per heavy atom. The zero-order valence-corrected chi connectivity index (χ0v) is 8.73. The summed E-state index contributed by atoms with van der Waals surface area (Å²) in [5.41, 5.74) is 5.14. The molecule has 0 aliphatic rings. The quantitative estimate of drug-likeness (QED) is 0.271. The highest BCUT2D eigenvalue weighted by molar-refractivity contribution is 5.93. The minimum atomic E-state index is -4.26. The summed E-state index contributed by atoms with van der Waals surface area (Å²) in [5, 5.41) is 10.9. The van der Waals surface area contributed by atoms with E-state index in [1.54, 1.807) is 0 Å². The van der Waals surface area contributed by atoms with Crippen LogP contribution in [0, 0.1) is 0 Å². The Bertz CT molecular complexity index is 424. The first-order chi connectivity index (χ1) is 8.36. The molecule has 1 aromatic rings. The molecule has 0 aromatic carbocycles. The topological polar surface area (TPSA) is 93.6 Å². The first kappa shape index (κ1) is 13.9. The molecule has 3 N–H and O–H groups in total. The number of nitrogens with two attached hydrogens (primary N) is 1. The molecule has 0 spiro atoms. The third-order valence-corrected chi connectivity index (χ3v) is 1.72. The van der Waals surface area contributed by atoms with Gasteiger partial charge in [0, 0.05) is 0 Å². The van der Waals surface area contributed by atoms with Gasteiger partial charge in [0.1, 0.15) is 0 Å². The van der Waals surface area contributed by atoms with Crippen LogP contribution in [0.25, 0.3) is 0 Å². The van der Waals surface area contributed by atoms with Gasteiger partial charge >= 0.3 is 12.3 Å². The molecule has 0 saturated carbocycles. The van der Waals surface area contributed by atoms with E-state index in [-0.39, 0.29) is 17.4 Å². The fourth-order valence-electron chi connectivity index (χ4n) is 0.810. The second-order valence-electron chi connectivity index (χ2n) is 3.08. The zero-order chi connectivity index (χ0) is 13.8. The lowest BCUT2D eigenvalue weighted by Crippen LogP contribution is -2.33. The summed E-state index contributed by atoms with van der Waals surface area (Å²) in [5.74, 6) is -5.06. The third kappa shape index (κ3) is 3.43. The number of ether oxygens (including phenoxy) is 1. The molecule has 0 saturated heterocycles. The number of alkyl halides is 4. The maximum Gasteiger partial charge on any atom is 0.340 e.